The van der Waals surface area contributed by atoms with E-state index in [1.807, 2.05) is 18.2 Å². The van der Waals surface area contributed by atoms with Gasteiger partial charge in [0, 0.05) is 24.6 Å². The minimum atomic E-state index is 0.466. The fourth-order valence-electron chi connectivity index (χ4n) is 2.08. The van der Waals surface area contributed by atoms with Crippen LogP contribution in [0.1, 0.15) is 16.7 Å². The van der Waals surface area contributed by atoms with E-state index in [0.717, 1.165) is 11.3 Å². The Morgan fingerprint density at radius 1 is 1.00 bits per heavy atom. The lowest BCUT2D eigenvalue weighted by atomic mass is 10.1. The van der Waals surface area contributed by atoms with Gasteiger partial charge in [-0.15, -0.1) is 5.10 Å². The average molecular weight is 306 g/mol. The summed E-state index contributed by atoms with van der Waals surface area (Å²) in [7, 11) is 0. The average Bonchev–Trinajstić information content (AvgIpc) is 2.58. The molecule has 2 N–H and O–H groups in total. The summed E-state index contributed by atoms with van der Waals surface area (Å²) in [6, 6.07) is 10.0. The molecule has 0 saturated carbocycles. The molecule has 0 radical (unpaired) electrons. The van der Waals surface area contributed by atoms with E-state index in [0.29, 0.717) is 18.3 Å². The summed E-state index contributed by atoms with van der Waals surface area (Å²) in [5.41, 5.74) is 4.54. The molecular formula is C17H18N6. The molecule has 23 heavy (non-hydrogen) atoms. The van der Waals surface area contributed by atoms with Gasteiger partial charge in [-0.3, -0.25) is 4.98 Å². The highest BCUT2D eigenvalue weighted by Crippen LogP contribution is 2.17. The molecule has 0 atom stereocenters. The number of aryl methyl sites for hydroxylation is 2. The van der Waals surface area contributed by atoms with Crippen molar-refractivity contribution in [2.75, 3.05) is 10.6 Å². The van der Waals surface area contributed by atoms with Crippen molar-refractivity contribution in [1.29, 1.82) is 0 Å². The highest BCUT2D eigenvalue weighted by atomic mass is 15.3. The number of hydrogen-bond acceptors (Lipinski definition) is 6. The van der Waals surface area contributed by atoms with Gasteiger partial charge in [0.05, 0.1) is 6.20 Å². The monoisotopic (exact) mass is 306 g/mol. The predicted octanol–water partition coefficient (Wildman–Crippen LogP) is 3.24. The molecule has 3 aromatic rings. The summed E-state index contributed by atoms with van der Waals surface area (Å²) in [5.74, 6) is 1.14. The van der Waals surface area contributed by atoms with Crippen molar-refractivity contribution in [2.24, 2.45) is 0 Å². The van der Waals surface area contributed by atoms with Gasteiger partial charge in [0.1, 0.15) is 0 Å². The smallest absolute Gasteiger partial charge is 0.249 e. The van der Waals surface area contributed by atoms with Crippen molar-refractivity contribution < 1.29 is 0 Å². The van der Waals surface area contributed by atoms with E-state index in [2.05, 4.69) is 56.8 Å². The molecule has 0 fully saturated rings. The first-order valence-corrected chi connectivity index (χ1v) is 7.37. The van der Waals surface area contributed by atoms with Gasteiger partial charge in [0.2, 0.25) is 5.95 Å². The lowest BCUT2D eigenvalue weighted by Crippen LogP contribution is -2.05. The minimum Gasteiger partial charge on any atom is -0.365 e. The van der Waals surface area contributed by atoms with Crippen LogP contribution in [0.2, 0.25) is 0 Å². The molecule has 0 aliphatic heterocycles. The maximum absolute atomic E-state index is 4.42. The highest BCUT2D eigenvalue weighted by Gasteiger charge is 2.03. The van der Waals surface area contributed by atoms with Crippen LogP contribution < -0.4 is 10.6 Å². The molecular weight excluding hydrogens is 288 g/mol. The quantitative estimate of drug-likeness (QED) is 0.753. The molecule has 2 heterocycles. The van der Waals surface area contributed by atoms with Crippen LogP contribution in [0.5, 0.6) is 0 Å². The zero-order valence-electron chi connectivity index (χ0n) is 13.1. The number of nitrogens with zero attached hydrogens (tertiary/aromatic N) is 4. The van der Waals surface area contributed by atoms with Crippen molar-refractivity contribution in [2.45, 2.75) is 20.4 Å². The van der Waals surface area contributed by atoms with Crippen LogP contribution in [0.15, 0.2) is 48.9 Å². The van der Waals surface area contributed by atoms with E-state index in [9.17, 15) is 0 Å². The summed E-state index contributed by atoms with van der Waals surface area (Å²) in [6.07, 6.45) is 5.14. The second kappa shape index (κ2) is 6.83. The third-order valence-electron chi connectivity index (χ3n) is 3.54. The van der Waals surface area contributed by atoms with Crippen molar-refractivity contribution >= 4 is 17.5 Å². The van der Waals surface area contributed by atoms with E-state index >= 15 is 0 Å². The van der Waals surface area contributed by atoms with E-state index in [1.165, 1.54) is 11.1 Å². The Labute approximate surface area is 135 Å². The summed E-state index contributed by atoms with van der Waals surface area (Å²) < 4.78 is 0. The fraction of sp³-hybridized carbons (Fsp3) is 0.176. The molecule has 3 rings (SSSR count). The van der Waals surface area contributed by atoms with Gasteiger partial charge in [-0.25, -0.2) is 0 Å². The maximum atomic E-state index is 4.42. The summed E-state index contributed by atoms with van der Waals surface area (Å²) in [6.45, 7) is 4.82. The topological polar surface area (TPSA) is 75.6 Å². The van der Waals surface area contributed by atoms with Gasteiger partial charge < -0.3 is 10.6 Å². The van der Waals surface area contributed by atoms with Crippen molar-refractivity contribution in [3.63, 3.8) is 0 Å². The summed E-state index contributed by atoms with van der Waals surface area (Å²) in [4.78, 5) is 8.42. The first-order chi connectivity index (χ1) is 11.2. The third-order valence-corrected chi connectivity index (χ3v) is 3.54. The molecule has 6 nitrogen and oxygen atoms in total. The van der Waals surface area contributed by atoms with Crippen LogP contribution in [0.25, 0.3) is 0 Å². The van der Waals surface area contributed by atoms with Crippen molar-refractivity contribution in [3.05, 3.63) is 65.6 Å². The Morgan fingerprint density at radius 2 is 1.83 bits per heavy atom. The lowest BCUT2D eigenvalue weighted by molar-refractivity contribution is 0.965. The Morgan fingerprint density at radius 3 is 2.61 bits per heavy atom. The van der Waals surface area contributed by atoms with Crippen LogP contribution in [0.3, 0.4) is 0 Å². The minimum absolute atomic E-state index is 0.466. The van der Waals surface area contributed by atoms with E-state index < -0.39 is 0 Å². The van der Waals surface area contributed by atoms with Crippen molar-refractivity contribution in [3.8, 4) is 0 Å². The molecule has 0 bridgehead atoms. The normalized spacial score (nSPS) is 10.3. The van der Waals surface area contributed by atoms with Gasteiger partial charge in [-0.2, -0.15) is 10.1 Å². The molecule has 6 heteroatoms. The second-order valence-electron chi connectivity index (χ2n) is 5.30. The van der Waals surface area contributed by atoms with E-state index in [-0.39, 0.29) is 0 Å². The molecule has 0 saturated heterocycles. The van der Waals surface area contributed by atoms with Crippen LogP contribution in [0, 0.1) is 13.8 Å². The van der Waals surface area contributed by atoms with Crippen LogP contribution >= 0.6 is 0 Å². The summed E-state index contributed by atoms with van der Waals surface area (Å²) in [5, 5.41) is 14.4. The molecule has 1 aromatic carbocycles. The predicted molar refractivity (Wildman–Crippen MR) is 90.6 cm³/mol. The Kier molecular flexibility index (Phi) is 4.42. The van der Waals surface area contributed by atoms with Gasteiger partial charge in [-0.1, -0.05) is 6.07 Å². The maximum Gasteiger partial charge on any atom is 0.249 e. The van der Waals surface area contributed by atoms with Gasteiger partial charge in [-0.05, 0) is 54.8 Å². The molecule has 0 spiro atoms. The zero-order chi connectivity index (χ0) is 16.1. The molecule has 116 valence electrons. The van der Waals surface area contributed by atoms with Crippen LogP contribution in [0.4, 0.5) is 17.5 Å². The largest absolute Gasteiger partial charge is 0.365 e. The van der Waals surface area contributed by atoms with Gasteiger partial charge >= 0.3 is 0 Å². The van der Waals surface area contributed by atoms with Gasteiger partial charge in [0.25, 0.3) is 0 Å². The number of anilines is 3. The first kappa shape index (κ1) is 14.9. The van der Waals surface area contributed by atoms with Crippen molar-refractivity contribution in [1.82, 2.24) is 20.2 Å². The molecule has 0 unspecified atom stereocenters. The molecule has 0 aliphatic carbocycles. The summed E-state index contributed by atoms with van der Waals surface area (Å²) >= 11 is 0. The number of pyridine rings is 1. The first-order valence-electron chi connectivity index (χ1n) is 7.37. The highest BCUT2D eigenvalue weighted by molar-refractivity contribution is 5.56. The van der Waals surface area contributed by atoms with Crippen LogP contribution in [-0.2, 0) is 6.54 Å². The van der Waals surface area contributed by atoms with E-state index in [4.69, 9.17) is 0 Å². The van der Waals surface area contributed by atoms with Crippen LogP contribution in [-0.4, -0.2) is 20.2 Å². The number of benzene rings is 1. The number of nitrogens with one attached hydrogen (secondary N) is 2. The zero-order valence-corrected chi connectivity index (χ0v) is 13.1. The Bertz CT molecular complexity index is 788. The van der Waals surface area contributed by atoms with E-state index in [1.54, 1.807) is 18.6 Å². The molecule has 0 aliphatic rings. The fourth-order valence-corrected chi connectivity index (χ4v) is 2.08. The second-order valence-corrected chi connectivity index (χ2v) is 5.30. The lowest BCUT2D eigenvalue weighted by Gasteiger charge is -2.09. The Balaban J connectivity index is 1.68. The SMILES string of the molecule is Cc1ccc(Nc2nncc(NCc3ccncc3)n2)cc1C. The number of hydrogen-bond donors (Lipinski definition) is 2. The third kappa shape index (κ3) is 4.00. The molecule has 0 amide bonds. The van der Waals surface area contributed by atoms with Gasteiger partial charge in [0.15, 0.2) is 5.82 Å². The Hall–Kier alpha value is -3.02. The number of aromatic nitrogens is 4. The standard InChI is InChI=1S/C17H18N6/c1-12-3-4-15(9-13(12)2)21-17-22-16(11-20-23-17)19-10-14-5-7-18-8-6-14/h3-9,11H,10H2,1-2H3,(H2,19,21,22,23). The molecule has 2 aromatic heterocycles. The number of rotatable bonds is 5.